The molecule has 0 saturated heterocycles. The lowest BCUT2D eigenvalue weighted by molar-refractivity contribution is -0.385. The zero-order valence-corrected chi connectivity index (χ0v) is 14.9. The summed E-state index contributed by atoms with van der Waals surface area (Å²) in [4.78, 5) is 22.3. The Morgan fingerprint density at radius 2 is 2.04 bits per heavy atom. The molecule has 0 aliphatic rings. The number of para-hydroxylation sites is 1. The standard InChI is InChI=1S/C19H21N3O4/c1-13(2)16-9-8-14(3)10-18(16)26-12-19(23)21-20-11-15-6-4-5-7-17(15)22(24)25/h4-11,13H,12H2,1-3H3,(H,21,23)/b20-11+. The summed E-state index contributed by atoms with van der Waals surface area (Å²) in [5.41, 5.74) is 4.60. The summed E-state index contributed by atoms with van der Waals surface area (Å²) < 4.78 is 5.61. The van der Waals surface area contributed by atoms with E-state index in [9.17, 15) is 14.9 Å². The Morgan fingerprint density at radius 3 is 2.73 bits per heavy atom. The number of aryl methyl sites for hydroxylation is 1. The first kappa shape index (κ1) is 19.1. The number of amides is 1. The fourth-order valence-corrected chi connectivity index (χ4v) is 2.36. The molecule has 0 aliphatic carbocycles. The quantitative estimate of drug-likeness (QED) is 0.467. The minimum absolute atomic E-state index is 0.0805. The highest BCUT2D eigenvalue weighted by atomic mass is 16.6. The predicted octanol–water partition coefficient (Wildman–Crippen LogP) is 3.56. The van der Waals surface area contributed by atoms with Crippen LogP contribution in [0, 0.1) is 17.0 Å². The summed E-state index contributed by atoms with van der Waals surface area (Å²) in [7, 11) is 0. The first-order chi connectivity index (χ1) is 12.4. The Balaban J connectivity index is 1.96. The van der Waals surface area contributed by atoms with Gasteiger partial charge >= 0.3 is 0 Å². The van der Waals surface area contributed by atoms with Crippen molar-refractivity contribution in [1.82, 2.24) is 5.43 Å². The van der Waals surface area contributed by atoms with Crippen molar-refractivity contribution in [3.63, 3.8) is 0 Å². The second kappa shape index (κ2) is 8.75. The lowest BCUT2D eigenvalue weighted by atomic mass is 10.0. The average Bonchev–Trinajstić information content (AvgIpc) is 2.60. The maximum absolute atomic E-state index is 11.9. The third-order valence-electron chi connectivity index (χ3n) is 3.68. The zero-order chi connectivity index (χ0) is 19.1. The van der Waals surface area contributed by atoms with Gasteiger partial charge in [0.1, 0.15) is 5.75 Å². The SMILES string of the molecule is Cc1ccc(C(C)C)c(OCC(=O)N/N=C/c2ccccc2[N+](=O)[O-])c1. The van der Waals surface area contributed by atoms with Crippen molar-refractivity contribution in [1.29, 1.82) is 0 Å². The number of carbonyl (C=O) groups is 1. The van der Waals surface area contributed by atoms with Crippen LogP contribution in [0.1, 0.15) is 36.5 Å². The number of hydrogen-bond acceptors (Lipinski definition) is 5. The monoisotopic (exact) mass is 355 g/mol. The molecule has 0 heterocycles. The Morgan fingerprint density at radius 1 is 1.31 bits per heavy atom. The van der Waals surface area contributed by atoms with Crippen LogP contribution in [0.5, 0.6) is 5.75 Å². The molecule has 0 radical (unpaired) electrons. The average molecular weight is 355 g/mol. The largest absolute Gasteiger partial charge is 0.483 e. The minimum atomic E-state index is -0.503. The van der Waals surface area contributed by atoms with Gasteiger partial charge < -0.3 is 4.74 Å². The first-order valence-electron chi connectivity index (χ1n) is 8.17. The number of hydrogen-bond donors (Lipinski definition) is 1. The number of nitro benzene ring substituents is 1. The molecule has 0 saturated carbocycles. The molecule has 0 aromatic heterocycles. The van der Waals surface area contributed by atoms with Gasteiger partial charge in [-0.05, 0) is 36.1 Å². The summed E-state index contributed by atoms with van der Waals surface area (Å²) in [5.74, 6) is 0.485. The molecular weight excluding hydrogens is 334 g/mol. The van der Waals surface area contributed by atoms with Gasteiger partial charge in [-0.2, -0.15) is 5.10 Å². The number of hydrazone groups is 1. The number of nitrogens with zero attached hydrogens (tertiary/aromatic N) is 2. The third kappa shape index (κ3) is 5.14. The van der Waals surface area contributed by atoms with Crippen molar-refractivity contribution in [3.8, 4) is 5.75 Å². The topological polar surface area (TPSA) is 93.8 Å². The Labute approximate surface area is 151 Å². The van der Waals surface area contributed by atoms with Gasteiger partial charge in [-0.1, -0.05) is 38.1 Å². The normalized spacial score (nSPS) is 10.9. The molecule has 2 rings (SSSR count). The van der Waals surface area contributed by atoms with Crippen molar-refractivity contribution in [3.05, 3.63) is 69.3 Å². The van der Waals surface area contributed by atoms with E-state index in [1.165, 1.54) is 12.3 Å². The lowest BCUT2D eigenvalue weighted by Crippen LogP contribution is -2.25. The number of nitro groups is 1. The maximum atomic E-state index is 11.9. The fraction of sp³-hybridized carbons (Fsp3) is 0.263. The van der Waals surface area contributed by atoms with E-state index < -0.39 is 10.8 Å². The van der Waals surface area contributed by atoms with Crippen LogP contribution < -0.4 is 10.2 Å². The van der Waals surface area contributed by atoms with Crippen LogP contribution in [-0.2, 0) is 4.79 Å². The van der Waals surface area contributed by atoms with E-state index in [0.29, 0.717) is 11.3 Å². The number of carbonyl (C=O) groups excluding carboxylic acids is 1. The van der Waals surface area contributed by atoms with Gasteiger partial charge in [-0.3, -0.25) is 14.9 Å². The third-order valence-corrected chi connectivity index (χ3v) is 3.68. The van der Waals surface area contributed by atoms with Crippen LogP contribution >= 0.6 is 0 Å². The van der Waals surface area contributed by atoms with Crippen molar-refractivity contribution in [2.24, 2.45) is 5.10 Å². The molecule has 136 valence electrons. The molecule has 7 nitrogen and oxygen atoms in total. The molecule has 2 aromatic rings. The summed E-state index contributed by atoms with van der Waals surface area (Å²) in [6.45, 7) is 5.86. The first-order valence-corrected chi connectivity index (χ1v) is 8.17. The molecule has 7 heteroatoms. The van der Waals surface area contributed by atoms with E-state index >= 15 is 0 Å². The van der Waals surface area contributed by atoms with Crippen molar-refractivity contribution >= 4 is 17.8 Å². The Kier molecular flexibility index (Phi) is 6.43. The molecule has 0 fully saturated rings. The van der Waals surface area contributed by atoms with Crippen molar-refractivity contribution in [2.75, 3.05) is 6.61 Å². The van der Waals surface area contributed by atoms with Gasteiger partial charge in [0.25, 0.3) is 11.6 Å². The van der Waals surface area contributed by atoms with Gasteiger partial charge in [-0.15, -0.1) is 0 Å². The molecule has 0 bridgehead atoms. The van der Waals surface area contributed by atoms with E-state index in [-0.39, 0.29) is 18.2 Å². The molecule has 0 atom stereocenters. The summed E-state index contributed by atoms with van der Waals surface area (Å²) >= 11 is 0. The summed E-state index contributed by atoms with van der Waals surface area (Å²) in [5, 5.41) is 14.7. The highest BCUT2D eigenvalue weighted by Crippen LogP contribution is 2.27. The number of rotatable bonds is 7. The summed E-state index contributed by atoms with van der Waals surface area (Å²) in [6.07, 6.45) is 1.24. The van der Waals surface area contributed by atoms with Gasteiger partial charge in [0.2, 0.25) is 0 Å². The molecule has 26 heavy (non-hydrogen) atoms. The van der Waals surface area contributed by atoms with Crippen molar-refractivity contribution in [2.45, 2.75) is 26.7 Å². The molecule has 1 amide bonds. The van der Waals surface area contributed by atoms with Gasteiger partial charge in [0.05, 0.1) is 16.7 Å². The van der Waals surface area contributed by atoms with Crippen LogP contribution in [0.3, 0.4) is 0 Å². The van der Waals surface area contributed by atoms with E-state index in [4.69, 9.17) is 4.74 Å². The van der Waals surface area contributed by atoms with Crippen LogP contribution in [0.25, 0.3) is 0 Å². The van der Waals surface area contributed by atoms with Crippen LogP contribution in [0.15, 0.2) is 47.6 Å². The van der Waals surface area contributed by atoms with Crippen LogP contribution in [-0.4, -0.2) is 23.7 Å². The smallest absolute Gasteiger partial charge is 0.278 e. The van der Waals surface area contributed by atoms with E-state index in [1.54, 1.807) is 18.2 Å². The van der Waals surface area contributed by atoms with Crippen molar-refractivity contribution < 1.29 is 14.5 Å². The van der Waals surface area contributed by atoms with Gasteiger partial charge in [0.15, 0.2) is 6.61 Å². The Hall–Kier alpha value is -3.22. The lowest BCUT2D eigenvalue weighted by Gasteiger charge is -2.14. The number of benzene rings is 2. The van der Waals surface area contributed by atoms with E-state index in [2.05, 4.69) is 24.4 Å². The molecule has 0 spiro atoms. The fourth-order valence-electron chi connectivity index (χ4n) is 2.36. The second-order valence-corrected chi connectivity index (χ2v) is 6.09. The van der Waals surface area contributed by atoms with E-state index in [1.807, 2.05) is 25.1 Å². The highest BCUT2D eigenvalue weighted by Gasteiger charge is 2.11. The Bertz CT molecular complexity index is 831. The van der Waals surface area contributed by atoms with Crippen LogP contribution in [0.4, 0.5) is 5.69 Å². The van der Waals surface area contributed by atoms with Crippen LogP contribution in [0.2, 0.25) is 0 Å². The van der Waals surface area contributed by atoms with Gasteiger partial charge in [-0.25, -0.2) is 5.43 Å². The predicted molar refractivity (Wildman–Crippen MR) is 99.6 cm³/mol. The molecule has 0 unspecified atom stereocenters. The molecule has 1 N–H and O–H groups in total. The van der Waals surface area contributed by atoms with Gasteiger partial charge in [0, 0.05) is 6.07 Å². The zero-order valence-electron chi connectivity index (χ0n) is 14.9. The highest BCUT2D eigenvalue weighted by molar-refractivity contribution is 5.86. The second-order valence-electron chi connectivity index (χ2n) is 6.09. The molecule has 0 aliphatic heterocycles. The maximum Gasteiger partial charge on any atom is 0.278 e. The number of ether oxygens (including phenoxy) is 1. The summed E-state index contributed by atoms with van der Waals surface area (Å²) in [6, 6.07) is 12.0. The van der Waals surface area contributed by atoms with E-state index in [0.717, 1.165) is 11.1 Å². The minimum Gasteiger partial charge on any atom is -0.483 e. The molecule has 2 aromatic carbocycles. The number of nitrogens with one attached hydrogen (secondary N) is 1. The molecular formula is C19H21N3O4.